The highest BCUT2D eigenvalue weighted by atomic mass is 32.2. The van der Waals surface area contributed by atoms with E-state index in [4.69, 9.17) is 0 Å². The van der Waals surface area contributed by atoms with Gasteiger partial charge < -0.3 is 9.80 Å². The van der Waals surface area contributed by atoms with Gasteiger partial charge >= 0.3 is 0 Å². The standard InChI is InChI=1S/C21H31N3O4S/c1-16-12-17(2)14-22(13-16)15-21(26)23-8-10-24(11-9-23)29(27,28)20-6-4-19(5-7-20)18(3)25/h4-7,16-17H,8-15H2,1-3H3/p+1/t16-,17+. The number of carbonyl (C=O) groups is 2. The molecule has 0 spiro atoms. The Kier molecular flexibility index (Phi) is 6.76. The quantitative estimate of drug-likeness (QED) is 0.692. The molecule has 160 valence electrons. The molecule has 0 saturated carbocycles. The number of piperazine rings is 1. The van der Waals surface area contributed by atoms with E-state index in [9.17, 15) is 18.0 Å². The number of nitrogens with one attached hydrogen (secondary N) is 1. The highest BCUT2D eigenvalue weighted by Crippen LogP contribution is 2.19. The summed E-state index contributed by atoms with van der Waals surface area (Å²) in [5, 5.41) is 0. The van der Waals surface area contributed by atoms with Crippen LogP contribution in [0.25, 0.3) is 0 Å². The molecule has 3 rings (SSSR count). The number of carbonyl (C=O) groups excluding carboxylic acids is 2. The van der Waals surface area contributed by atoms with Gasteiger partial charge in [-0.05, 0) is 25.5 Å². The second-order valence-electron chi connectivity index (χ2n) is 8.65. The molecule has 8 heteroatoms. The zero-order valence-electron chi connectivity index (χ0n) is 17.6. The summed E-state index contributed by atoms with van der Waals surface area (Å²) in [5.41, 5.74) is 0.489. The van der Waals surface area contributed by atoms with Crippen LogP contribution in [0.2, 0.25) is 0 Å². The van der Waals surface area contributed by atoms with Crippen LogP contribution in [0.5, 0.6) is 0 Å². The minimum Gasteiger partial charge on any atom is -0.335 e. The Morgan fingerprint density at radius 1 is 1.00 bits per heavy atom. The second-order valence-corrected chi connectivity index (χ2v) is 10.6. The average molecular weight is 423 g/mol. The lowest BCUT2D eigenvalue weighted by molar-refractivity contribution is -0.904. The number of rotatable bonds is 5. The first-order chi connectivity index (χ1) is 13.7. The van der Waals surface area contributed by atoms with E-state index in [0.717, 1.165) is 13.1 Å². The number of quaternary nitrogens is 1. The summed E-state index contributed by atoms with van der Waals surface area (Å²) in [6.07, 6.45) is 1.22. The van der Waals surface area contributed by atoms with Gasteiger partial charge in [-0.3, -0.25) is 9.59 Å². The average Bonchev–Trinajstić information content (AvgIpc) is 2.67. The zero-order chi connectivity index (χ0) is 21.2. The fourth-order valence-electron chi connectivity index (χ4n) is 4.58. The third-order valence-electron chi connectivity index (χ3n) is 5.97. The predicted molar refractivity (Wildman–Crippen MR) is 110 cm³/mol. The molecule has 1 aromatic rings. The Morgan fingerprint density at radius 2 is 1.55 bits per heavy atom. The van der Waals surface area contributed by atoms with Gasteiger partial charge in [0.2, 0.25) is 10.0 Å². The van der Waals surface area contributed by atoms with Crippen molar-refractivity contribution >= 4 is 21.7 Å². The molecule has 1 unspecified atom stereocenters. The van der Waals surface area contributed by atoms with Crippen LogP contribution in [0.4, 0.5) is 0 Å². The number of ketones is 1. The van der Waals surface area contributed by atoms with E-state index in [1.54, 1.807) is 17.0 Å². The van der Waals surface area contributed by atoms with Crippen molar-refractivity contribution < 1.29 is 22.9 Å². The Bertz CT molecular complexity index is 835. The van der Waals surface area contributed by atoms with E-state index in [0.29, 0.717) is 50.1 Å². The molecule has 2 fully saturated rings. The van der Waals surface area contributed by atoms with Crippen LogP contribution in [0.15, 0.2) is 29.2 Å². The predicted octanol–water partition coefficient (Wildman–Crippen LogP) is 0.283. The molecule has 2 saturated heterocycles. The third kappa shape index (κ3) is 5.24. The van der Waals surface area contributed by atoms with Crippen LogP contribution in [0.3, 0.4) is 0 Å². The van der Waals surface area contributed by atoms with Crippen molar-refractivity contribution in [3.05, 3.63) is 29.8 Å². The van der Waals surface area contributed by atoms with E-state index in [1.165, 1.54) is 34.7 Å². The van der Waals surface area contributed by atoms with Gasteiger partial charge in [-0.1, -0.05) is 26.0 Å². The van der Waals surface area contributed by atoms with Gasteiger partial charge in [-0.2, -0.15) is 4.31 Å². The lowest BCUT2D eigenvalue weighted by atomic mass is 9.92. The van der Waals surface area contributed by atoms with Gasteiger partial charge in [0.05, 0.1) is 18.0 Å². The van der Waals surface area contributed by atoms with Gasteiger partial charge in [0.1, 0.15) is 0 Å². The number of likely N-dealkylation sites (tertiary alicyclic amines) is 1. The van der Waals surface area contributed by atoms with Gasteiger partial charge in [0.15, 0.2) is 12.3 Å². The van der Waals surface area contributed by atoms with Gasteiger partial charge in [0.25, 0.3) is 5.91 Å². The van der Waals surface area contributed by atoms with Crippen LogP contribution in [-0.2, 0) is 14.8 Å². The lowest BCUT2D eigenvalue weighted by Crippen LogP contribution is -3.15. The second kappa shape index (κ2) is 8.93. The Morgan fingerprint density at radius 3 is 2.07 bits per heavy atom. The molecule has 0 aliphatic carbocycles. The molecule has 2 aliphatic rings. The molecular formula is C21H32N3O4S+. The lowest BCUT2D eigenvalue weighted by Gasteiger charge is -2.36. The highest BCUT2D eigenvalue weighted by molar-refractivity contribution is 7.89. The molecule has 1 N–H and O–H groups in total. The summed E-state index contributed by atoms with van der Waals surface area (Å²) in [6.45, 7) is 9.92. The number of Topliss-reactive ketones (excluding diaryl/α,β-unsaturated/α-hetero) is 1. The van der Waals surface area contributed by atoms with Crippen molar-refractivity contribution in [2.24, 2.45) is 11.8 Å². The fraction of sp³-hybridized carbons (Fsp3) is 0.619. The number of benzene rings is 1. The van der Waals surface area contributed by atoms with Crippen molar-refractivity contribution in [1.29, 1.82) is 0 Å². The van der Waals surface area contributed by atoms with Crippen LogP contribution < -0.4 is 4.90 Å². The summed E-state index contributed by atoms with van der Waals surface area (Å²) in [4.78, 5) is 27.4. The molecule has 0 radical (unpaired) electrons. The minimum atomic E-state index is -3.62. The monoisotopic (exact) mass is 422 g/mol. The number of hydrogen-bond donors (Lipinski definition) is 1. The topological polar surface area (TPSA) is 79.2 Å². The number of sulfonamides is 1. The molecule has 2 heterocycles. The van der Waals surface area contributed by atoms with Crippen molar-refractivity contribution in [1.82, 2.24) is 9.21 Å². The van der Waals surface area contributed by atoms with E-state index in [-0.39, 0.29) is 16.6 Å². The smallest absolute Gasteiger partial charge is 0.277 e. The maximum atomic E-state index is 12.9. The van der Waals surface area contributed by atoms with E-state index in [2.05, 4.69) is 13.8 Å². The molecule has 1 amide bonds. The van der Waals surface area contributed by atoms with Crippen LogP contribution in [0.1, 0.15) is 37.6 Å². The van der Waals surface area contributed by atoms with Crippen LogP contribution in [0, 0.1) is 11.8 Å². The first-order valence-electron chi connectivity index (χ1n) is 10.4. The molecular weight excluding hydrogens is 390 g/mol. The Hall–Kier alpha value is -1.77. The van der Waals surface area contributed by atoms with Gasteiger partial charge in [0, 0.05) is 43.6 Å². The minimum absolute atomic E-state index is 0.0966. The maximum Gasteiger partial charge on any atom is 0.277 e. The first-order valence-corrected chi connectivity index (χ1v) is 11.8. The van der Waals surface area contributed by atoms with E-state index >= 15 is 0 Å². The summed E-state index contributed by atoms with van der Waals surface area (Å²) in [5.74, 6) is 1.29. The Labute approximate surface area is 173 Å². The number of amides is 1. The molecule has 0 aromatic heterocycles. The number of piperidine rings is 1. The molecule has 29 heavy (non-hydrogen) atoms. The van der Waals surface area contributed by atoms with Crippen LogP contribution >= 0.6 is 0 Å². The summed E-state index contributed by atoms with van der Waals surface area (Å²) in [6, 6.07) is 6.04. The van der Waals surface area contributed by atoms with Crippen LogP contribution in [-0.4, -0.2) is 75.1 Å². The van der Waals surface area contributed by atoms with E-state index in [1.807, 2.05) is 0 Å². The first kappa shape index (κ1) is 21.9. The Balaban J connectivity index is 1.56. The largest absolute Gasteiger partial charge is 0.335 e. The normalized spacial score (nSPS) is 26.3. The van der Waals surface area contributed by atoms with Crippen molar-refractivity contribution in [2.45, 2.75) is 32.1 Å². The number of nitrogens with zero attached hydrogens (tertiary/aromatic N) is 2. The SMILES string of the molecule is CC(=O)c1ccc(S(=O)(=O)N2CCN(C(=O)C[NH+]3C[C@H](C)C[C@H](C)C3)CC2)cc1. The highest BCUT2D eigenvalue weighted by Gasteiger charge is 2.33. The van der Waals surface area contributed by atoms with E-state index < -0.39 is 10.0 Å². The molecule has 7 nitrogen and oxygen atoms in total. The molecule has 2 aliphatic heterocycles. The maximum absolute atomic E-state index is 12.9. The fourth-order valence-corrected chi connectivity index (χ4v) is 6.00. The zero-order valence-corrected chi connectivity index (χ0v) is 18.4. The van der Waals surface area contributed by atoms with Crippen molar-refractivity contribution in [2.75, 3.05) is 45.8 Å². The van der Waals surface area contributed by atoms with Crippen molar-refractivity contribution in [3.63, 3.8) is 0 Å². The molecule has 0 bridgehead atoms. The van der Waals surface area contributed by atoms with Gasteiger partial charge in [-0.25, -0.2) is 8.42 Å². The summed E-state index contributed by atoms with van der Waals surface area (Å²) < 4.78 is 27.2. The summed E-state index contributed by atoms with van der Waals surface area (Å²) >= 11 is 0. The third-order valence-corrected chi connectivity index (χ3v) is 7.88. The molecule has 1 aromatic carbocycles. The molecule has 3 atom stereocenters. The summed E-state index contributed by atoms with van der Waals surface area (Å²) in [7, 11) is -3.62. The van der Waals surface area contributed by atoms with Gasteiger partial charge in [-0.15, -0.1) is 0 Å². The number of hydrogen-bond acceptors (Lipinski definition) is 4. The van der Waals surface area contributed by atoms with Crippen molar-refractivity contribution in [3.8, 4) is 0 Å².